The van der Waals surface area contributed by atoms with Crippen molar-refractivity contribution in [2.75, 3.05) is 0 Å². The summed E-state index contributed by atoms with van der Waals surface area (Å²) in [6.45, 7) is 0. The molecule has 0 atom stereocenters. The molecule has 25 valence electrons. The van der Waals surface area contributed by atoms with Crippen LogP contribution in [0, 0.1) is 0 Å². The van der Waals surface area contributed by atoms with Gasteiger partial charge in [-0.25, -0.2) is 0 Å². The van der Waals surface area contributed by atoms with Crippen LogP contribution in [0.3, 0.4) is 0 Å². The maximum atomic E-state index is 8.98. The first-order chi connectivity index (χ1) is 1.73. The summed E-state index contributed by atoms with van der Waals surface area (Å²) in [5.74, 6) is 0. The molecule has 1 nitrogen and oxygen atoms in total. The molecule has 0 amide bonds. The Morgan fingerprint density at radius 2 is 1.40 bits per heavy atom. The second-order valence-electron chi connectivity index (χ2n) is 0.226. The molecule has 0 N–H and O–H groups in total. The number of hydrogen-bond acceptors (Lipinski definition) is 1. The molecule has 0 aromatic rings. The maximum absolute atomic E-state index is 8.98. The van der Waals surface area contributed by atoms with Crippen LogP contribution in [0.5, 0.6) is 0 Å². The Morgan fingerprint density at radius 3 is 1.40 bits per heavy atom. The zero-order chi connectivity index (χ0) is 3.58. The number of carbonyl (C=O) groups is 1. The zero-order valence-corrected chi connectivity index (χ0v) is 6.18. The van der Waals surface area contributed by atoms with E-state index in [2.05, 4.69) is 23.2 Å². The molecule has 0 aliphatic heterocycles. The molecule has 0 aliphatic carbocycles. The SMILES string of the molecule is O=C(Cl)Cl.[Na]. The van der Waals surface area contributed by atoms with E-state index in [0.717, 1.165) is 0 Å². The summed E-state index contributed by atoms with van der Waals surface area (Å²) in [6, 6.07) is 0. The van der Waals surface area contributed by atoms with Gasteiger partial charge in [0.05, 0.1) is 0 Å². The van der Waals surface area contributed by atoms with E-state index >= 15 is 0 Å². The smallest absolute Gasteiger partial charge is 0.262 e. The molecule has 0 saturated carbocycles. The van der Waals surface area contributed by atoms with Crippen molar-refractivity contribution in [3.63, 3.8) is 0 Å². The van der Waals surface area contributed by atoms with Gasteiger partial charge in [-0.3, -0.25) is 4.79 Å². The molecular formula is CCl2NaO. The third-order valence-corrected chi connectivity index (χ3v) is 0. The summed E-state index contributed by atoms with van der Waals surface area (Å²) in [5, 5.41) is 0. The Balaban J connectivity index is 0. The third-order valence-electron chi connectivity index (χ3n) is 0. The third kappa shape index (κ3) is 35.5. The van der Waals surface area contributed by atoms with Crippen molar-refractivity contribution in [3.8, 4) is 0 Å². The van der Waals surface area contributed by atoms with Gasteiger partial charge in [0.25, 0.3) is 0 Å². The van der Waals surface area contributed by atoms with E-state index in [1.54, 1.807) is 0 Å². The minimum Gasteiger partial charge on any atom is -0.262 e. The second kappa shape index (κ2) is 5.25. The van der Waals surface area contributed by atoms with Crippen molar-refractivity contribution in [3.05, 3.63) is 0 Å². The van der Waals surface area contributed by atoms with Crippen molar-refractivity contribution >= 4 is 57.5 Å². The van der Waals surface area contributed by atoms with Crippen LogP contribution in [0.4, 0.5) is 4.79 Å². The summed E-state index contributed by atoms with van der Waals surface area (Å²) in [4.78, 5) is 8.98. The van der Waals surface area contributed by atoms with E-state index in [9.17, 15) is 0 Å². The summed E-state index contributed by atoms with van der Waals surface area (Å²) in [6.07, 6.45) is 0. The first kappa shape index (κ1) is 9.54. The minimum absolute atomic E-state index is 0. The van der Waals surface area contributed by atoms with Crippen molar-refractivity contribution in [1.82, 2.24) is 0 Å². The van der Waals surface area contributed by atoms with E-state index in [-0.39, 0.29) is 29.6 Å². The summed E-state index contributed by atoms with van der Waals surface area (Å²) >= 11 is 8.80. The predicted molar refractivity (Wildman–Crippen MR) is 22.9 cm³/mol. The van der Waals surface area contributed by atoms with Crippen LogP contribution in [0.2, 0.25) is 0 Å². The molecular weight excluding hydrogens is 122 g/mol. The fraction of sp³-hybridized carbons (Fsp3) is 0. The van der Waals surface area contributed by atoms with Crippen LogP contribution < -0.4 is 0 Å². The van der Waals surface area contributed by atoms with Crippen LogP contribution >= 0.6 is 23.2 Å². The predicted octanol–water partition coefficient (Wildman–Crippen LogP) is 1.20. The largest absolute Gasteiger partial charge is 0.313 e. The Hall–Kier alpha value is 1.25. The van der Waals surface area contributed by atoms with Gasteiger partial charge in [-0.05, 0) is 23.2 Å². The van der Waals surface area contributed by atoms with Gasteiger partial charge in [0.1, 0.15) is 0 Å². The number of hydrogen-bond donors (Lipinski definition) is 0. The molecule has 0 spiro atoms. The van der Waals surface area contributed by atoms with Crippen LogP contribution in [0.1, 0.15) is 0 Å². The van der Waals surface area contributed by atoms with E-state index in [1.807, 2.05) is 0 Å². The average Bonchev–Trinajstić information content (AvgIpc) is 0.811. The van der Waals surface area contributed by atoms with Crippen molar-refractivity contribution in [2.24, 2.45) is 0 Å². The summed E-state index contributed by atoms with van der Waals surface area (Å²) in [5.41, 5.74) is 0. The van der Waals surface area contributed by atoms with E-state index in [4.69, 9.17) is 4.79 Å². The molecule has 0 rings (SSSR count). The van der Waals surface area contributed by atoms with Gasteiger partial charge in [0, 0.05) is 29.6 Å². The molecule has 0 saturated heterocycles. The molecule has 0 unspecified atom stereocenters. The van der Waals surface area contributed by atoms with Crippen molar-refractivity contribution < 1.29 is 4.79 Å². The fourth-order valence-electron chi connectivity index (χ4n) is 0. The normalized spacial score (nSPS) is 5.20. The molecule has 5 heavy (non-hydrogen) atoms. The van der Waals surface area contributed by atoms with Crippen LogP contribution in [0.25, 0.3) is 0 Å². The second-order valence-corrected chi connectivity index (χ2v) is 1.11. The molecule has 0 aromatic carbocycles. The van der Waals surface area contributed by atoms with E-state index in [1.165, 1.54) is 0 Å². The van der Waals surface area contributed by atoms with Gasteiger partial charge in [-0.2, -0.15) is 0 Å². The molecule has 0 heterocycles. The van der Waals surface area contributed by atoms with Gasteiger partial charge in [0.2, 0.25) is 0 Å². The Morgan fingerprint density at radius 1 is 1.40 bits per heavy atom. The zero-order valence-electron chi connectivity index (χ0n) is 2.66. The molecule has 0 bridgehead atoms. The number of halogens is 2. The molecule has 4 heteroatoms. The van der Waals surface area contributed by atoms with Crippen LogP contribution in [-0.2, 0) is 0 Å². The monoisotopic (exact) mass is 121 g/mol. The molecule has 0 aliphatic rings. The average molecular weight is 122 g/mol. The molecule has 0 fully saturated rings. The summed E-state index contributed by atoms with van der Waals surface area (Å²) in [7, 11) is 0. The maximum Gasteiger partial charge on any atom is 0.313 e. The molecule has 1 radical (unpaired) electrons. The van der Waals surface area contributed by atoms with Gasteiger partial charge in [-0.1, -0.05) is 0 Å². The topological polar surface area (TPSA) is 17.1 Å². The van der Waals surface area contributed by atoms with Gasteiger partial charge >= 0.3 is 4.70 Å². The Bertz CT molecular complexity index is 32.6. The quantitative estimate of drug-likeness (QED) is 0.348. The van der Waals surface area contributed by atoms with Gasteiger partial charge < -0.3 is 0 Å². The fourth-order valence-corrected chi connectivity index (χ4v) is 0. The number of carbonyl (C=O) groups excluding carboxylic acids is 1. The Labute approximate surface area is 61.9 Å². The van der Waals surface area contributed by atoms with E-state index in [0.29, 0.717) is 0 Å². The van der Waals surface area contributed by atoms with Gasteiger partial charge in [-0.15, -0.1) is 0 Å². The van der Waals surface area contributed by atoms with Crippen LogP contribution in [-0.4, -0.2) is 34.3 Å². The first-order valence-electron chi connectivity index (χ1n) is 0.582. The van der Waals surface area contributed by atoms with Gasteiger partial charge in [0.15, 0.2) is 0 Å². The first-order valence-corrected chi connectivity index (χ1v) is 1.34. The van der Waals surface area contributed by atoms with Crippen molar-refractivity contribution in [1.29, 1.82) is 0 Å². The minimum atomic E-state index is -0.889. The van der Waals surface area contributed by atoms with Crippen molar-refractivity contribution in [2.45, 2.75) is 0 Å². The van der Waals surface area contributed by atoms with Crippen LogP contribution in [0.15, 0.2) is 0 Å². The summed E-state index contributed by atoms with van der Waals surface area (Å²) < 4.78 is -0.889. The Kier molecular flexibility index (Phi) is 10.0. The molecule has 0 aromatic heterocycles. The van der Waals surface area contributed by atoms with E-state index < -0.39 is 4.70 Å². The number of rotatable bonds is 0. The standard InChI is InChI=1S/CCl2O.Na/c2-1(3)4;.